The van der Waals surface area contributed by atoms with Gasteiger partial charge in [-0.3, -0.25) is 9.59 Å². The van der Waals surface area contributed by atoms with E-state index in [2.05, 4.69) is 15.2 Å². The van der Waals surface area contributed by atoms with Gasteiger partial charge in [0.1, 0.15) is 5.69 Å². The first kappa shape index (κ1) is 12.2. The van der Waals surface area contributed by atoms with Crippen LogP contribution in [0.2, 0.25) is 0 Å². The molecule has 92 valence electrons. The van der Waals surface area contributed by atoms with Crippen molar-refractivity contribution in [3.8, 4) is 11.4 Å². The van der Waals surface area contributed by atoms with E-state index < -0.39 is 0 Å². The lowest BCUT2D eigenvalue weighted by atomic mass is 10.1. The summed E-state index contributed by atoms with van der Waals surface area (Å²) in [6.07, 6.45) is 2.68. The summed E-state index contributed by atoms with van der Waals surface area (Å²) >= 11 is 0. The summed E-state index contributed by atoms with van der Waals surface area (Å²) in [5, 5.41) is 7.72. The number of rotatable bonds is 4. The Morgan fingerprint density at radius 3 is 2.83 bits per heavy atom. The molecule has 0 saturated heterocycles. The smallest absolute Gasteiger partial charge is 0.179 e. The summed E-state index contributed by atoms with van der Waals surface area (Å²) in [7, 11) is 0. The standard InChI is InChI=1S/C13H13N3O2/c1-3-11(18)12-8(2)9(7-17)13(15-12)10-5-4-6-14-16-10/h4-7,15H,3H2,1-2H3. The number of aromatic nitrogens is 3. The third kappa shape index (κ3) is 1.95. The van der Waals surface area contributed by atoms with Crippen LogP contribution in [0.25, 0.3) is 11.4 Å². The van der Waals surface area contributed by atoms with Gasteiger partial charge in [0.15, 0.2) is 12.1 Å². The fourth-order valence-electron chi connectivity index (χ4n) is 1.85. The number of aldehydes is 1. The van der Waals surface area contributed by atoms with E-state index in [4.69, 9.17) is 0 Å². The van der Waals surface area contributed by atoms with Crippen molar-refractivity contribution in [2.75, 3.05) is 0 Å². The molecule has 2 aromatic heterocycles. The van der Waals surface area contributed by atoms with E-state index in [1.807, 2.05) is 0 Å². The fraction of sp³-hybridized carbons (Fsp3) is 0.231. The van der Waals surface area contributed by atoms with E-state index in [9.17, 15) is 9.59 Å². The summed E-state index contributed by atoms with van der Waals surface area (Å²) in [6, 6.07) is 3.47. The van der Waals surface area contributed by atoms with Crippen molar-refractivity contribution < 1.29 is 9.59 Å². The van der Waals surface area contributed by atoms with Crippen LogP contribution in [0.5, 0.6) is 0 Å². The van der Waals surface area contributed by atoms with Crippen LogP contribution in [-0.2, 0) is 0 Å². The average molecular weight is 243 g/mol. The van der Waals surface area contributed by atoms with Crippen molar-refractivity contribution in [2.45, 2.75) is 20.3 Å². The minimum atomic E-state index is -0.0225. The van der Waals surface area contributed by atoms with Crippen LogP contribution in [0.4, 0.5) is 0 Å². The van der Waals surface area contributed by atoms with Crippen LogP contribution in [0.15, 0.2) is 18.3 Å². The van der Waals surface area contributed by atoms with Gasteiger partial charge >= 0.3 is 0 Å². The maximum Gasteiger partial charge on any atom is 0.179 e. The quantitative estimate of drug-likeness (QED) is 0.659. The fourth-order valence-corrected chi connectivity index (χ4v) is 1.85. The van der Waals surface area contributed by atoms with E-state index in [0.29, 0.717) is 34.6 Å². The molecule has 0 bridgehead atoms. The molecule has 2 aromatic rings. The van der Waals surface area contributed by atoms with Crippen LogP contribution in [0.1, 0.15) is 39.8 Å². The van der Waals surface area contributed by atoms with Gasteiger partial charge in [0.05, 0.1) is 11.4 Å². The molecule has 5 heteroatoms. The van der Waals surface area contributed by atoms with Gasteiger partial charge in [0.25, 0.3) is 0 Å². The number of hydrogen-bond acceptors (Lipinski definition) is 4. The predicted octanol–water partition coefficient (Wildman–Crippen LogP) is 2.19. The molecule has 0 radical (unpaired) electrons. The van der Waals surface area contributed by atoms with Gasteiger partial charge in [-0.25, -0.2) is 0 Å². The zero-order chi connectivity index (χ0) is 13.1. The molecule has 2 rings (SSSR count). The first-order valence-corrected chi connectivity index (χ1v) is 5.68. The normalized spacial score (nSPS) is 10.3. The van der Waals surface area contributed by atoms with Crippen molar-refractivity contribution in [3.63, 3.8) is 0 Å². The molecule has 0 saturated carbocycles. The molecule has 0 aliphatic carbocycles. The lowest BCUT2D eigenvalue weighted by Gasteiger charge is -1.96. The number of carbonyl (C=O) groups is 2. The lowest BCUT2D eigenvalue weighted by molar-refractivity contribution is 0.0983. The molecule has 0 aromatic carbocycles. The van der Waals surface area contributed by atoms with Crippen molar-refractivity contribution >= 4 is 12.1 Å². The summed E-state index contributed by atoms with van der Waals surface area (Å²) in [4.78, 5) is 25.9. The number of nitrogens with one attached hydrogen (secondary N) is 1. The number of hydrogen-bond donors (Lipinski definition) is 1. The molecular weight excluding hydrogens is 230 g/mol. The van der Waals surface area contributed by atoms with Crippen molar-refractivity contribution in [1.82, 2.24) is 15.2 Å². The Kier molecular flexibility index (Phi) is 3.32. The molecule has 0 fully saturated rings. The molecule has 0 spiro atoms. The van der Waals surface area contributed by atoms with Gasteiger partial charge in [-0.2, -0.15) is 5.10 Å². The minimum Gasteiger partial charge on any atom is -0.350 e. The number of ketones is 1. The highest BCUT2D eigenvalue weighted by atomic mass is 16.1. The van der Waals surface area contributed by atoms with Gasteiger partial charge in [-0.15, -0.1) is 5.10 Å². The molecule has 0 aliphatic rings. The van der Waals surface area contributed by atoms with E-state index in [1.165, 1.54) is 0 Å². The van der Waals surface area contributed by atoms with E-state index in [1.54, 1.807) is 32.2 Å². The number of aromatic amines is 1. The monoisotopic (exact) mass is 243 g/mol. The molecule has 0 aliphatic heterocycles. The third-order valence-corrected chi connectivity index (χ3v) is 2.84. The van der Waals surface area contributed by atoms with E-state index >= 15 is 0 Å². The molecule has 5 nitrogen and oxygen atoms in total. The van der Waals surface area contributed by atoms with Crippen LogP contribution < -0.4 is 0 Å². The van der Waals surface area contributed by atoms with Crippen molar-refractivity contribution in [3.05, 3.63) is 35.2 Å². The zero-order valence-electron chi connectivity index (χ0n) is 10.2. The van der Waals surface area contributed by atoms with Crippen LogP contribution >= 0.6 is 0 Å². The first-order valence-electron chi connectivity index (χ1n) is 5.68. The third-order valence-electron chi connectivity index (χ3n) is 2.84. The molecule has 18 heavy (non-hydrogen) atoms. The highest BCUT2D eigenvalue weighted by molar-refractivity contribution is 6.00. The highest BCUT2D eigenvalue weighted by Gasteiger charge is 2.19. The van der Waals surface area contributed by atoms with Crippen LogP contribution in [-0.4, -0.2) is 27.3 Å². The Morgan fingerprint density at radius 1 is 1.50 bits per heavy atom. The van der Waals surface area contributed by atoms with Crippen molar-refractivity contribution in [1.29, 1.82) is 0 Å². The maximum absolute atomic E-state index is 11.8. The average Bonchev–Trinajstić information content (AvgIpc) is 2.76. The number of carbonyl (C=O) groups excluding carboxylic acids is 2. The number of H-pyrrole nitrogens is 1. The molecule has 2 heterocycles. The Labute approximate surface area is 104 Å². The highest BCUT2D eigenvalue weighted by Crippen LogP contribution is 2.25. The van der Waals surface area contributed by atoms with Crippen molar-refractivity contribution in [2.24, 2.45) is 0 Å². The number of nitrogens with zero attached hydrogens (tertiary/aromatic N) is 2. The second-order valence-electron chi connectivity index (χ2n) is 3.92. The largest absolute Gasteiger partial charge is 0.350 e. The Bertz CT molecular complexity index is 588. The molecule has 1 N–H and O–H groups in total. The van der Waals surface area contributed by atoms with Crippen LogP contribution in [0.3, 0.4) is 0 Å². The van der Waals surface area contributed by atoms with E-state index in [-0.39, 0.29) is 5.78 Å². The summed E-state index contributed by atoms with van der Waals surface area (Å²) in [6.45, 7) is 3.54. The summed E-state index contributed by atoms with van der Waals surface area (Å²) in [5.74, 6) is -0.0225. The minimum absolute atomic E-state index is 0.0225. The van der Waals surface area contributed by atoms with Gasteiger partial charge < -0.3 is 4.98 Å². The van der Waals surface area contributed by atoms with E-state index in [0.717, 1.165) is 6.29 Å². The Balaban J connectivity index is 2.62. The van der Waals surface area contributed by atoms with Gasteiger partial charge in [-0.05, 0) is 24.6 Å². The second kappa shape index (κ2) is 4.91. The lowest BCUT2D eigenvalue weighted by Crippen LogP contribution is -1.99. The SMILES string of the molecule is CCC(=O)c1[nH]c(-c2cccnn2)c(C=O)c1C. The second-order valence-corrected chi connectivity index (χ2v) is 3.92. The Hall–Kier alpha value is -2.30. The summed E-state index contributed by atoms with van der Waals surface area (Å²) < 4.78 is 0. The molecule has 0 amide bonds. The van der Waals surface area contributed by atoms with Crippen LogP contribution in [0, 0.1) is 6.92 Å². The van der Waals surface area contributed by atoms with Gasteiger partial charge in [0.2, 0.25) is 0 Å². The van der Waals surface area contributed by atoms with Gasteiger partial charge in [-0.1, -0.05) is 6.92 Å². The topological polar surface area (TPSA) is 75.7 Å². The summed E-state index contributed by atoms with van der Waals surface area (Å²) in [5.41, 5.74) is 2.70. The molecule has 0 atom stereocenters. The predicted molar refractivity (Wildman–Crippen MR) is 66.6 cm³/mol. The molecular formula is C13H13N3O2. The van der Waals surface area contributed by atoms with Gasteiger partial charge in [0, 0.05) is 18.2 Å². The maximum atomic E-state index is 11.8. The zero-order valence-corrected chi connectivity index (χ0v) is 10.2. The number of Topliss-reactive ketones (excluding diaryl/α,β-unsaturated/α-hetero) is 1. The first-order chi connectivity index (χ1) is 8.69. The molecule has 0 unspecified atom stereocenters. The Morgan fingerprint density at radius 2 is 2.28 bits per heavy atom.